The summed E-state index contributed by atoms with van der Waals surface area (Å²) in [7, 11) is -3.72. The first kappa shape index (κ1) is 17.3. The zero-order valence-corrected chi connectivity index (χ0v) is 14.5. The van der Waals surface area contributed by atoms with Gasteiger partial charge in [-0.15, -0.1) is 0 Å². The van der Waals surface area contributed by atoms with Crippen LogP contribution in [0.15, 0.2) is 53.4 Å². The summed E-state index contributed by atoms with van der Waals surface area (Å²) < 4.78 is 27.4. The van der Waals surface area contributed by atoms with Crippen LogP contribution in [0.5, 0.6) is 5.75 Å². The third-order valence-corrected chi connectivity index (χ3v) is 5.55. The van der Waals surface area contributed by atoms with Crippen LogP contribution in [0.3, 0.4) is 0 Å². The van der Waals surface area contributed by atoms with Crippen LogP contribution < -0.4 is 4.31 Å². The predicted octanol–water partition coefficient (Wildman–Crippen LogP) is 3.94. The Hall–Kier alpha value is -2.01. The first-order valence-corrected chi connectivity index (χ1v) is 9.14. The predicted molar refractivity (Wildman–Crippen MR) is 93.3 cm³/mol. The summed E-state index contributed by atoms with van der Waals surface area (Å²) in [5.41, 5.74) is 0.981. The highest BCUT2D eigenvalue weighted by atomic mass is 32.2. The van der Waals surface area contributed by atoms with Gasteiger partial charge in [0.15, 0.2) is 0 Å². The molecule has 124 valence electrons. The molecular formula is C18H23NO3S. The Morgan fingerprint density at radius 2 is 1.70 bits per heavy atom. The third kappa shape index (κ3) is 3.85. The molecule has 1 N–H and O–H groups in total. The molecule has 5 heteroatoms. The number of benzene rings is 2. The summed E-state index contributed by atoms with van der Waals surface area (Å²) in [6, 6.07) is 13.5. The van der Waals surface area contributed by atoms with Crippen LogP contribution in [0, 0.1) is 12.8 Å². The highest BCUT2D eigenvalue weighted by Crippen LogP contribution is 2.34. The second-order valence-corrected chi connectivity index (χ2v) is 7.88. The monoisotopic (exact) mass is 333 g/mol. The zero-order valence-electron chi connectivity index (χ0n) is 13.7. The zero-order chi connectivity index (χ0) is 17.0. The average Bonchev–Trinajstić information content (AvgIpc) is 2.52. The quantitative estimate of drug-likeness (QED) is 0.871. The lowest BCUT2D eigenvalue weighted by molar-refractivity contribution is 0.470. The van der Waals surface area contributed by atoms with Crippen LogP contribution >= 0.6 is 0 Å². The van der Waals surface area contributed by atoms with Crippen molar-refractivity contribution in [3.05, 3.63) is 54.1 Å². The molecule has 2 rings (SSSR count). The molecule has 0 aromatic heterocycles. The summed E-state index contributed by atoms with van der Waals surface area (Å²) in [4.78, 5) is 0.227. The molecule has 2 aromatic rings. The first-order chi connectivity index (χ1) is 10.8. The Morgan fingerprint density at radius 3 is 2.30 bits per heavy atom. The maximum atomic E-state index is 13.0. The average molecular weight is 333 g/mol. The molecule has 0 atom stereocenters. The Bertz CT molecular complexity index is 755. The molecule has 0 aliphatic rings. The van der Waals surface area contributed by atoms with E-state index in [-0.39, 0.29) is 10.6 Å². The van der Waals surface area contributed by atoms with Gasteiger partial charge in [-0.2, -0.15) is 0 Å². The van der Waals surface area contributed by atoms with Gasteiger partial charge in [-0.05, 0) is 43.0 Å². The summed E-state index contributed by atoms with van der Waals surface area (Å²) >= 11 is 0. The van der Waals surface area contributed by atoms with E-state index in [1.807, 2.05) is 13.8 Å². The fourth-order valence-electron chi connectivity index (χ4n) is 2.31. The largest absolute Gasteiger partial charge is 0.505 e. The van der Waals surface area contributed by atoms with E-state index in [1.165, 1.54) is 4.31 Å². The molecule has 2 aromatic carbocycles. The minimum atomic E-state index is -3.72. The summed E-state index contributed by atoms with van der Waals surface area (Å²) in [6.07, 6.45) is 0.708. The van der Waals surface area contributed by atoms with Gasteiger partial charge >= 0.3 is 0 Å². The van der Waals surface area contributed by atoms with Crippen molar-refractivity contribution in [3.63, 3.8) is 0 Å². The summed E-state index contributed by atoms with van der Waals surface area (Å²) in [5.74, 6) is 0.367. The van der Waals surface area contributed by atoms with Crippen molar-refractivity contribution in [2.75, 3.05) is 10.8 Å². The molecule has 0 aliphatic carbocycles. The van der Waals surface area contributed by atoms with Gasteiger partial charge in [-0.3, -0.25) is 4.31 Å². The minimum absolute atomic E-state index is 0.00997. The second-order valence-electron chi connectivity index (χ2n) is 6.02. The molecule has 0 heterocycles. The van der Waals surface area contributed by atoms with Crippen molar-refractivity contribution >= 4 is 15.7 Å². The highest BCUT2D eigenvalue weighted by Gasteiger charge is 2.27. The maximum absolute atomic E-state index is 13.0. The number of nitrogens with zero attached hydrogens (tertiary/aromatic N) is 1. The number of sulfonamides is 1. The Morgan fingerprint density at radius 1 is 1.04 bits per heavy atom. The van der Waals surface area contributed by atoms with E-state index in [2.05, 4.69) is 0 Å². The second kappa shape index (κ2) is 7.04. The Balaban J connectivity index is 2.52. The lowest BCUT2D eigenvalue weighted by Crippen LogP contribution is -2.32. The number of rotatable bonds is 6. The van der Waals surface area contributed by atoms with Gasteiger partial charge in [0.1, 0.15) is 5.75 Å². The fraction of sp³-hybridized carbons (Fsp3) is 0.333. The molecule has 23 heavy (non-hydrogen) atoms. The van der Waals surface area contributed by atoms with Gasteiger partial charge in [0.05, 0.1) is 10.6 Å². The Kier molecular flexibility index (Phi) is 5.31. The van der Waals surface area contributed by atoms with Crippen LogP contribution in [-0.4, -0.2) is 20.1 Å². The number of anilines is 1. The number of aromatic hydroxyl groups is 1. The van der Waals surface area contributed by atoms with Crippen molar-refractivity contribution < 1.29 is 13.5 Å². The van der Waals surface area contributed by atoms with E-state index in [9.17, 15) is 13.5 Å². The molecule has 0 fully saturated rings. The normalized spacial score (nSPS) is 11.7. The topological polar surface area (TPSA) is 57.6 Å². The number of hydrogen-bond donors (Lipinski definition) is 1. The van der Waals surface area contributed by atoms with Crippen LogP contribution in [0.1, 0.15) is 25.8 Å². The molecule has 0 spiro atoms. The third-order valence-electron chi connectivity index (χ3n) is 3.73. The summed E-state index contributed by atoms with van der Waals surface area (Å²) in [6.45, 7) is 6.17. The number of aryl methyl sites for hydroxylation is 1. The van der Waals surface area contributed by atoms with E-state index >= 15 is 0 Å². The van der Waals surface area contributed by atoms with Crippen molar-refractivity contribution in [1.29, 1.82) is 0 Å². The van der Waals surface area contributed by atoms with Gasteiger partial charge in [0, 0.05) is 6.54 Å². The van der Waals surface area contributed by atoms with E-state index in [1.54, 1.807) is 55.5 Å². The van der Waals surface area contributed by atoms with Gasteiger partial charge in [-0.1, -0.05) is 44.2 Å². The Labute approximate surface area is 138 Å². The van der Waals surface area contributed by atoms with E-state index in [0.717, 1.165) is 0 Å². The van der Waals surface area contributed by atoms with Crippen molar-refractivity contribution in [1.82, 2.24) is 0 Å². The molecule has 4 nitrogen and oxygen atoms in total. The van der Waals surface area contributed by atoms with E-state index in [4.69, 9.17) is 0 Å². The van der Waals surface area contributed by atoms with Crippen molar-refractivity contribution in [3.8, 4) is 5.75 Å². The lowest BCUT2D eigenvalue weighted by Gasteiger charge is -2.26. The van der Waals surface area contributed by atoms with Crippen molar-refractivity contribution in [2.45, 2.75) is 32.1 Å². The molecular weight excluding hydrogens is 310 g/mol. The molecule has 0 saturated carbocycles. The minimum Gasteiger partial charge on any atom is -0.505 e. The van der Waals surface area contributed by atoms with Crippen LogP contribution in [0.4, 0.5) is 5.69 Å². The molecule has 0 unspecified atom stereocenters. The van der Waals surface area contributed by atoms with Crippen LogP contribution in [0.2, 0.25) is 0 Å². The van der Waals surface area contributed by atoms with Crippen molar-refractivity contribution in [2.24, 2.45) is 5.92 Å². The fourth-order valence-corrected chi connectivity index (χ4v) is 3.82. The van der Waals surface area contributed by atoms with E-state index in [0.29, 0.717) is 30.1 Å². The summed E-state index contributed by atoms with van der Waals surface area (Å²) in [5, 5.41) is 10.3. The maximum Gasteiger partial charge on any atom is 0.264 e. The number of hydrogen-bond acceptors (Lipinski definition) is 3. The molecule has 0 saturated heterocycles. The van der Waals surface area contributed by atoms with Crippen LogP contribution in [-0.2, 0) is 10.0 Å². The highest BCUT2D eigenvalue weighted by molar-refractivity contribution is 7.92. The molecule has 0 radical (unpaired) electrons. The standard InChI is InChI=1S/C18H23NO3S/c1-14(2)12-13-19(17-11-7-8-15(3)18(17)20)23(21,22)16-9-5-4-6-10-16/h4-11,14,20H,12-13H2,1-3H3. The van der Waals surface area contributed by atoms with Gasteiger partial charge in [-0.25, -0.2) is 8.42 Å². The smallest absolute Gasteiger partial charge is 0.264 e. The molecule has 0 amide bonds. The SMILES string of the molecule is Cc1cccc(N(CCC(C)C)S(=O)(=O)c2ccccc2)c1O. The van der Waals surface area contributed by atoms with Crippen LogP contribution in [0.25, 0.3) is 0 Å². The number of phenols is 1. The first-order valence-electron chi connectivity index (χ1n) is 7.70. The molecule has 0 aliphatic heterocycles. The number of para-hydroxylation sites is 1. The van der Waals surface area contributed by atoms with Gasteiger partial charge < -0.3 is 5.11 Å². The molecule has 0 bridgehead atoms. The lowest BCUT2D eigenvalue weighted by atomic mass is 10.1. The van der Waals surface area contributed by atoms with Gasteiger partial charge in [0.2, 0.25) is 0 Å². The van der Waals surface area contributed by atoms with E-state index < -0.39 is 10.0 Å². The van der Waals surface area contributed by atoms with Gasteiger partial charge in [0.25, 0.3) is 10.0 Å². The number of phenolic OH excluding ortho intramolecular Hbond substituents is 1.